The van der Waals surface area contributed by atoms with E-state index in [4.69, 9.17) is 9.47 Å². The summed E-state index contributed by atoms with van der Waals surface area (Å²) in [6.45, 7) is 26.9. The minimum absolute atomic E-state index is 0.0269. The maximum absolute atomic E-state index is 15.2. The van der Waals surface area contributed by atoms with Crippen LogP contribution in [0.3, 0.4) is 0 Å². The molecule has 0 aromatic heterocycles. The Hall–Kier alpha value is -6.90. The summed E-state index contributed by atoms with van der Waals surface area (Å²) < 4.78 is 11.4. The van der Waals surface area contributed by atoms with Crippen LogP contribution in [0.2, 0.25) is 0 Å². The van der Waals surface area contributed by atoms with Crippen molar-refractivity contribution in [1.29, 1.82) is 0 Å². The first-order valence-electron chi connectivity index (χ1n) is 33.3. The van der Waals surface area contributed by atoms with Gasteiger partial charge in [0.15, 0.2) is 0 Å². The molecule has 0 bridgehead atoms. The average molecular weight is 1330 g/mol. The van der Waals surface area contributed by atoms with Crippen LogP contribution in [0.5, 0.6) is 0 Å². The van der Waals surface area contributed by atoms with Gasteiger partial charge in [-0.25, -0.2) is 4.79 Å². The molecule has 1 rings (SSSR count). The Morgan fingerprint density at radius 2 is 1.01 bits per heavy atom. The van der Waals surface area contributed by atoms with Crippen LogP contribution < -0.4 is 21.3 Å². The van der Waals surface area contributed by atoms with Gasteiger partial charge in [-0.3, -0.25) is 52.7 Å². The lowest BCUT2D eigenvalue weighted by Crippen LogP contribution is -2.63. The molecule has 1 heterocycles. The van der Waals surface area contributed by atoms with Crippen molar-refractivity contribution < 1.29 is 72.1 Å². The van der Waals surface area contributed by atoms with Gasteiger partial charge in [0.2, 0.25) is 65.0 Å². The SMILES string of the molecule is C/C=C/C[C@@H](C)[C@@H](O)[C@H]1C(=O)N[C@@H](CC)C(=O)N(C)CC(=O)N(C)[C@@H]([C@@H](C)OCCCCOC(=O)N(C)C)C(=O)N[C@@H](C(C)C)C(=O)N(C)[C@@H](CC(C)C)C(=O)N[C@@H](C)C(=O)N[C@H](C)C(=O)N(C)[C@@H](CC(C)C)C(=O)N(C)[C@H](CC(C)C)C(=O)N(C)[C@@H](C(C)C)C(=O)N1C. The van der Waals surface area contributed by atoms with E-state index in [2.05, 4.69) is 21.3 Å². The third kappa shape index (κ3) is 24.7. The third-order valence-corrected chi connectivity index (χ3v) is 17.3. The predicted molar refractivity (Wildman–Crippen MR) is 359 cm³/mol. The van der Waals surface area contributed by atoms with E-state index >= 15 is 14.4 Å². The number of rotatable bonds is 20. The largest absolute Gasteiger partial charge is 0.449 e. The van der Waals surface area contributed by atoms with Crippen molar-refractivity contribution in [2.45, 2.75) is 228 Å². The van der Waals surface area contributed by atoms with E-state index in [1.165, 1.54) is 87.7 Å². The van der Waals surface area contributed by atoms with Crippen molar-refractivity contribution in [1.82, 2.24) is 60.5 Å². The molecule has 0 aliphatic carbocycles. The molecule has 0 saturated carbocycles. The van der Waals surface area contributed by atoms with Crippen molar-refractivity contribution in [3.05, 3.63) is 12.2 Å². The molecule has 538 valence electrons. The van der Waals surface area contributed by atoms with Gasteiger partial charge in [-0.2, -0.15) is 0 Å². The van der Waals surface area contributed by atoms with E-state index in [0.29, 0.717) is 12.8 Å². The zero-order chi connectivity index (χ0) is 72.7. The van der Waals surface area contributed by atoms with E-state index in [1.807, 2.05) is 41.5 Å². The molecule has 0 radical (unpaired) electrons. The summed E-state index contributed by atoms with van der Waals surface area (Å²) in [7, 11) is 12.8. The Balaban J connectivity index is 4.37. The summed E-state index contributed by atoms with van der Waals surface area (Å²) in [5, 5.41) is 23.1. The third-order valence-electron chi connectivity index (χ3n) is 17.3. The van der Waals surface area contributed by atoms with Gasteiger partial charge >= 0.3 is 6.09 Å². The first kappa shape index (κ1) is 85.1. The first-order chi connectivity index (χ1) is 43.5. The molecule has 0 spiro atoms. The molecule has 0 aromatic carbocycles. The van der Waals surface area contributed by atoms with Gasteiger partial charge in [-0.1, -0.05) is 95.2 Å². The van der Waals surface area contributed by atoms with Gasteiger partial charge in [0.1, 0.15) is 60.4 Å². The van der Waals surface area contributed by atoms with Gasteiger partial charge < -0.3 is 75.0 Å². The lowest BCUT2D eigenvalue weighted by Gasteiger charge is -2.41. The second kappa shape index (κ2) is 39.8. The Bertz CT molecular complexity index is 2580. The number of ether oxygens (including phenoxy) is 2. The highest BCUT2D eigenvalue weighted by molar-refractivity contribution is 5.99. The second-order valence-electron chi connectivity index (χ2n) is 27.7. The topological polar surface area (TPSA) is 318 Å². The van der Waals surface area contributed by atoms with E-state index in [0.717, 1.165) is 14.7 Å². The van der Waals surface area contributed by atoms with Crippen molar-refractivity contribution in [2.24, 2.45) is 35.5 Å². The Morgan fingerprint density at radius 3 is 1.50 bits per heavy atom. The number of carbonyl (C=O) groups is 12. The summed E-state index contributed by atoms with van der Waals surface area (Å²) in [6.07, 6.45) is 1.81. The van der Waals surface area contributed by atoms with Gasteiger partial charge in [0, 0.05) is 70.0 Å². The van der Waals surface area contributed by atoms with E-state index in [-0.39, 0.29) is 63.1 Å². The molecule has 12 amide bonds. The Morgan fingerprint density at radius 1 is 0.543 bits per heavy atom. The number of amides is 12. The van der Waals surface area contributed by atoms with Crippen LogP contribution in [0.25, 0.3) is 0 Å². The number of aliphatic hydroxyl groups is 1. The molecule has 13 atom stereocenters. The monoisotopic (exact) mass is 1330 g/mol. The molecule has 5 N–H and O–H groups in total. The number of carbonyl (C=O) groups excluding carboxylic acids is 12. The van der Waals surface area contributed by atoms with Crippen molar-refractivity contribution >= 4 is 71.1 Å². The normalized spacial score (nSPS) is 25.6. The number of unbranched alkanes of at least 4 members (excludes halogenated alkanes) is 1. The summed E-state index contributed by atoms with van der Waals surface area (Å²) in [4.78, 5) is 184. The van der Waals surface area contributed by atoms with Crippen LogP contribution >= 0.6 is 0 Å². The Kier molecular flexibility index (Phi) is 36.1. The number of hydrogen-bond donors (Lipinski definition) is 5. The van der Waals surface area contributed by atoms with Gasteiger partial charge in [-0.05, 0) is 108 Å². The summed E-state index contributed by atoms with van der Waals surface area (Å²) in [6, 6.07) is -13.1. The zero-order valence-corrected chi connectivity index (χ0v) is 61.4. The van der Waals surface area contributed by atoms with Crippen molar-refractivity contribution in [3.8, 4) is 0 Å². The van der Waals surface area contributed by atoms with Gasteiger partial charge in [0.05, 0.1) is 25.4 Å². The van der Waals surface area contributed by atoms with Crippen LogP contribution in [0.4, 0.5) is 4.79 Å². The van der Waals surface area contributed by atoms with E-state index < -0.39 is 168 Å². The van der Waals surface area contributed by atoms with E-state index in [1.54, 1.807) is 81.6 Å². The number of nitrogens with zero attached hydrogens (tertiary/aromatic N) is 8. The quantitative estimate of drug-likeness (QED) is 0.0864. The molecule has 1 aliphatic heterocycles. The lowest BCUT2D eigenvalue weighted by atomic mass is 9.91. The summed E-state index contributed by atoms with van der Waals surface area (Å²) >= 11 is 0. The molecule has 0 aromatic rings. The van der Waals surface area contributed by atoms with Crippen LogP contribution in [0, 0.1) is 35.5 Å². The number of likely N-dealkylation sites (N-methyl/N-ethyl adjacent to an activating group) is 7. The minimum atomic E-state index is -1.65. The lowest BCUT2D eigenvalue weighted by molar-refractivity contribution is -0.157. The molecule has 0 unspecified atom stereocenters. The number of allylic oxidation sites excluding steroid dienone is 2. The smallest absolute Gasteiger partial charge is 0.409 e. The van der Waals surface area contributed by atoms with Crippen molar-refractivity contribution in [3.63, 3.8) is 0 Å². The highest BCUT2D eigenvalue weighted by Crippen LogP contribution is 2.26. The summed E-state index contributed by atoms with van der Waals surface area (Å²) in [5.41, 5.74) is 0. The molecule has 27 nitrogen and oxygen atoms in total. The number of nitrogens with one attached hydrogen (secondary N) is 4. The maximum atomic E-state index is 15.2. The van der Waals surface area contributed by atoms with E-state index in [9.17, 15) is 48.3 Å². The fourth-order valence-electron chi connectivity index (χ4n) is 11.3. The van der Waals surface area contributed by atoms with Gasteiger partial charge in [0.25, 0.3) is 0 Å². The second-order valence-corrected chi connectivity index (χ2v) is 27.7. The molecule has 94 heavy (non-hydrogen) atoms. The fourth-order valence-corrected chi connectivity index (χ4v) is 11.3. The highest BCUT2D eigenvalue weighted by atomic mass is 16.6. The first-order valence-corrected chi connectivity index (χ1v) is 33.3. The standard InChI is InChI=1S/C67H120N12O15/c1-26-28-31-43(13)56(81)55-60(85)70-47(27-2)62(87)73(19)37-51(80)77(23)54(46(16)93-32-29-30-33-94-67(92)72(17)18)59(84)71-52(41(9)10)65(90)74(20)48(34-38(3)4)58(83)68-44(14)57(82)69-45(15)61(86)75(21)49(35-39(5)6)63(88)76(22)50(36-40(7)8)64(89)78(24)53(42(11)12)66(91)79(55)25/h26,28,38-50,52-56,81H,27,29-37H2,1-25H3,(H,68,83)(H,69,82)(H,70,85)(H,71,84)/b28-26+/t43-,44+,45-,46-,47+,48+,49+,50-,52+,53+,54+,55+,56-/m1/s1. The molecule has 1 saturated heterocycles. The number of aliphatic hydroxyl groups excluding tert-OH is 1. The average Bonchev–Trinajstić information content (AvgIpc) is 0.809. The van der Waals surface area contributed by atoms with Crippen LogP contribution in [0.1, 0.15) is 156 Å². The molecular weight excluding hydrogens is 1210 g/mol. The maximum Gasteiger partial charge on any atom is 0.409 e. The minimum Gasteiger partial charge on any atom is -0.449 e. The van der Waals surface area contributed by atoms with Crippen LogP contribution in [-0.2, 0) is 62.2 Å². The fraction of sp³-hybridized carbons (Fsp3) is 0.791. The van der Waals surface area contributed by atoms with Gasteiger partial charge in [-0.15, -0.1) is 0 Å². The predicted octanol–water partition coefficient (Wildman–Crippen LogP) is 3.11. The van der Waals surface area contributed by atoms with Crippen LogP contribution in [0.15, 0.2) is 12.2 Å². The molecule has 1 aliphatic rings. The molecule has 27 heteroatoms. The highest BCUT2D eigenvalue weighted by Gasteiger charge is 2.46. The zero-order valence-electron chi connectivity index (χ0n) is 61.4. The summed E-state index contributed by atoms with van der Waals surface area (Å²) in [5.74, 6) is -10.4. The van der Waals surface area contributed by atoms with Crippen LogP contribution in [-0.4, -0.2) is 271 Å². The number of hydrogen-bond acceptors (Lipinski definition) is 15. The van der Waals surface area contributed by atoms with Crippen molar-refractivity contribution in [2.75, 3.05) is 83.2 Å². The Labute approximate surface area is 560 Å². The molecule has 1 fully saturated rings. The molecular formula is C67H120N12O15.